The van der Waals surface area contributed by atoms with Gasteiger partial charge in [0.1, 0.15) is 11.2 Å². The van der Waals surface area contributed by atoms with Gasteiger partial charge in [0, 0.05) is 0 Å². The molecule has 0 aromatic carbocycles. The molecule has 0 amide bonds. The number of hydrogen-bond donors (Lipinski definition) is 0. The van der Waals surface area contributed by atoms with Crippen LogP contribution in [-0.4, -0.2) is 23.4 Å². The second-order valence-corrected chi connectivity index (χ2v) is 6.95. The van der Waals surface area contributed by atoms with Crippen molar-refractivity contribution < 1.29 is 9.47 Å². The normalized spacial score (nSPS) is 57.4. The maximum atomic E-state index is 6.62. The number of hydrogen-bond acceptors (Lipinski definition) is 2. The first-order valence-electron chi connectivity index (χ1n) is 6.92. The van der Waals surface area contributed by atoms with E-state index in [0.717, 1.165) is 18.4 Å². The number of epoxide rings is 1. The third-order valence-electron chi connectivity index (χ3n) is 5.90. The first kappa shape index (κ1) is 9.90. The molecule has 4 fully saturated rings. The van der Waals surface area contributed by atoms with Gasteiger partial charge in [0.15, 0.2) is 0 Å². The maximum Gasteiger partial charge on any atom is 0.121 e. The van der Waals surface area contributed by atoms with E-state index in [-0.39, 0.29) is 16.8 Å². The molecule has 0 aromatic heterocycles. The molecule has 2 spiro atoms. The Morgan fingerprint density at radius 1 is 1.06 bits per heavy atom. The van der Waals surface area contributed by atoms with E-state index in [1.807, 2.05) is 0 Å². The zero-order valence-corrected chi connectivity index (χ0v) is 10.4. The molecular weight excluding hydrogens is 200 g/mol. The van der Waals surface area contributed by atoms with Gasteiger partial charge in [-0.15, -0.1) is 0 Å². The van der Waals surface area contributed by atoms with Crippen LogP contribution in [0.5, 0.6) is 0 Å². The molecule has 4 aliphatic rings. The fraction of sp³-hybridized carbons (Fsp3) is 1.00. The maximum absolute atomic E-state index is 6.62. The largest absolute Gasteiger partial charge is 0.366 e. The number of rotatable bonds is 0. The second-order valence-electron chi connectivity index (χ2n) is 6.95. The number of fused-ring (bicyclic) bond motifs is 1. The predicted octanol–water partition coefficient (Wildman–Crippen LogP) is 2.90. The van der Waals surface area contributed by atoms with Crippen LogP contribution < -0.4 is 0 Å². The van der Waals surface area contributed by atoms with Crippen molar-refractivity contribution in [2.24, 2.45) is 11.8 Å². The molecule has 2 unspecified atom stereocenters. The molecule has 4 rings (SSSR count). The van der Waals surface area contributed by atoms with E-state index in [1.54, 1.807) is 0 Å². The van der Waals surface area contributed by atoms with Gasteiger partial charge in [0.2, 0.25) is 0 Å². The molecule has 2 aliphatic carbocycles. The summed E-state index contributed by atoms with van der Waals surface area (Å²) < 4.78 is 12.5. The monoisotopic (exact) mass is 222 g/mol. The minimum absolute atomic E-state index is 0.0883. The average molecular weight is 222 g/mol. The molecule has 2 nitrogen and oxygen atoms in total. The third-order valence-corrected chi connectivity index (χ3v) is 5.90. The molecule has 4 atom stereocenters. The topological polar surface area (TPSA) is 21.8 Å². The summed E-state index contributed by atoms with van der Waals surface area (Å²) in [6, 6.07) is 0. The van der Waals surface area contributed by atoms with Gasteiger partial charge < -0.3 is 9.47 Å². The highest BCUT2D eigenvalue weighted by Gasteiger charge is 2.72. The lowest BCUT2D eigenvalue weighted by atomic mass is 9.60. The van der Waals surface area contributed by atoms with E-state index in [4.69, 9.17) is 9.47 Å². The lowest BCUT2D eigenvalue weighted by Crippen LogP contribution is -2.55. The van der Waals surface area contributed by atoms with Crippen molar-refractivity contribution in [2.75, 3.05) is 6.61 Å². The molecule has 0 radical (unpaired) electrons. The fourth-order valence-electron chi connectivity index (χ4n) is 4.89. The third kappa shape index (κ3) is 0.971. The lowest BCUT2D eigenvalue weighted by Gasteiger charge is -2.47. The minimum atomic E-state index is 0.0883. The summed E-state index contributed by atoms with van der Waals surface area (Å²) in [4.78, 5) is 0. The van der Waals surface area contributed by atoms with Crippen LogP contribution in [0, 0.1) is 11.8 Å². The predicted molar refractivity (Wildman–Crippen MR) is 61.3 cm³/mol. The Morgan fingerprint density at radius 2 is 1.81 bits per heavy atom. The molecule has 2 heterocycles. The Morgan fingerprint density at radius 3 is 2.56 bits per heavy atom. The minimum Gasteiger partial charge on any atom is -0.366 e. The van der Waals surface area contributed by atoms with Gasteiger partial charge in [-0.3, -0.25) is 0 Å². The van der Waals surface area contributed by atoms with Crippen molar-refractivity contribution in [1.29, 1.82) is 0 Å². The van der Waals surface area contributed by atoms with Crippen molar-refractivity contribution >= 4 is 0 Å². The summed E-state index contributed by atoms with van der Waals surface area (Å²) in [5.41, 5.74) is 0.338. The van der Waals surface area contributed by atoms with Crippen LogP contribution in [0.3, 0.4) is 0 Å². The highest BCUT2D eigenvalue weighted by Crippen LogP contribution is 2.65. The fourth-order valence-corrected chi connectivity index (χ4v) is 4.89. The van der Waals surface area contributed by atoms with Crippen molar-refractivity contribution in [3.8, 4) is 0 Å². The van der Waals surface area contributed by atoms with Gasteiger partial charge in [0.05, 0.1) is 12.2 Å². The summed E-state index contributed by atoms with van der Waals surface area (Å²) in [6.07, 6.45) is 7.97. The van der Waals surface area contributed by atoms with Gasteiger partial charge in [-0.2, -0.15) is 0 Å². The molecule has 2 saturated carbocycles. The lowest BCUT2D eigenvalue weighted by molar-refractivity contribution is -0.168. The first-order valence-corrected chi connectivity index (χ1v) is 6.92. The highest BCUT2D eigenvalue weighted by molar-refractivity contribution is 5.21. The Hall–Kier alpha value is -0.0800. The van der Waals surface area contributed by atoms with Crippen LogP contribution in [0.4, 0.5) is 0 Å². The van der Waals surface area contributed by atoms with E-state index in [0.29, 0.717) is 0 Å². The average Bonchev–Trinajstić information content (AvgIpc) is 2.96. The molecule has 16 heavy (non-hydrogen) atoms. The van der Waals surface area contributed by atoms with Crippen molar-refractivity contribution in [1.82, 2.24) is 0 Å². The second kappa shape index (κ2) is 2.67. The van der Waals surface area contributed by atoms with Crippen LogP contribution in [0.25, 0.3) is 0 Å². The van der Waals surface area contributed by atoms with Gasteiger partial charge in [-0.1, -0.05) is 0 Å². The van der Waals surface area contributed by atoms with Gasteiger partial charge >= 0.3 is 0 Å². The first-order chi connectivity index (χ1) is 7.58. The summed E-state index contributed by atoms with van der Waals surface area (Å²) in [7, 11) is 0. The molecule has 0 aromatic rings. The van der Waals surface area contributed by atoms with E-state index < -0.39 is 0 Å². The van der Waals surface area contributed by atoms with Gasteiger partial charge in [-0.05, 0) is 64.2 Å². The van der Waals surface area contributed by atoms with Gasteiger partial charge in [0.25, 0.3) is 0 Å². The highest BCUT2D eigenvalue weighted by atomic mass is 16.6. The summed E-state index contributed by atoms with van der Waals surface area (Å²) in [5, 5.41) is 0. The van der Waals surface area contributed by atoms with Crippen molar-refractivity contribution in [2.45, 2.75) is 69.2 Å². The Bertz CT molecular complexity index is 332. The molecule has 2 bridgehead atoms. The van der Waals surface area contributed by atoms with Crippen molar-refractivity contribution in [3.05, 3.63) is 0 Å². The van der Waals surface area contributed by atoms with Crippen LogP contribution in [0.1, 0.15) is 52.4 Å². The van der Waals surface area contributed by atoms with Crippen LogP contribution in [-0.2, 0) is 9.47 Å². The zero-order valence-electron chi connectivity index (χ0n) is 10.4. The van der Waals surface area contributed by atoms with Crippen LogP contribution in [0.2, 0.25) is 0 Å². The Labute approximate surface area is 97.7 Å². The number of ether oxygens (including phenoxy) is 2. The quantitative estimate of drug-likeness (QED) is 0.588. The molecule has 2 saturated heterocycles. The van der Waals surface area contributed by atoms with E-state index in [9.17, 15) is 0 Å². The van der Waals surface area contributed by atoms with Gasteiger partial charge in [-0.25, -0.2) is 0 Å². The van der Waals surface area contributed by atoms with Crippen LogP contribution in [0.15, 0.2) is 0 Å². The Kier molecular flexibility index (Phi) is 1.65. The van der Waals surface area contributed by atoms with E-state index in [2.05, 4.69) is 13.8 Å². The van der Waals surface area contributed by atoms with Crippen LogP contribution >= 0.6 is 0 Å². The molecule has 2 aliphatic heterocycles. The molecule has 2 heteroatoms. The Balaban J connectivity index is 1.79. The smallest absolute Gasteiger partial charge is 0.121 e. The standard InChI is InChI=1S/C14H22O2/c1-12(2)11-6-5-10-4-3-7-13(9-15-13)14(10,8-11)16-12/h10-11H,3-9H2,1-2H3/t10?,11-,13?,14-/m1/s1. The van der Waals surface area contributed by atoms with E-state index >= 15 is 0 Å². The molecule has 90 valence electrons. The SMILES string of the molecule is CC1(C)O[C@]23C[C@H]1CCC2CCCC31CO1. The van der Waals surface area contributed by atoms with E-state index in [1.165, 1.54) is 38.5 Å². The summed E-state index contributed by atoms with van der Waals surface area (Å²) in [5.74, 6) is 1.55. The molecular formula is C14H22O2. The molecule has 0 N–H and O–H groups in total. The summed E-state index contributed by atoms with van der Waals surface area (Å²) in [6.45, 7) is 5.55. The van der Waals surface area contributed by atoms with Crippen molar-refractivity contribution in [3.63, 3.8) is 0 Å². The summed E-state index contributed by atoms with van der Waals surface area (Å²) >= 11 is 0. The zero-order chi connectivity index (χ0) is 11.0.